The normalized spacial score (nSPS) is 18.6. The number of carbonyl (C=O) groups is 1. The van der Waals surface area contributed by atoms with E-state index in [9.17, 15) is 14.3 Å². The molecule has 1 saturated heterocycles. The molecule has 5 heteroatoms. The van der Waals surface area contributed by atoms with Gasteiger partial charge in [0.25, 0.3) is 5.91 Å². The zero-order valence-corrected chi connectivity index (χ0v) is 11.1. The number of amides is 1. The zero-order valence-electron chi connectivity index (χ0n) is 11.1. The minimum Gasteiger partial charge on any atom is -0.481 e. The van der Waals surface area contributed by atoms with Crippen LogP contribution in [-0.2, 0) is 4.79 Å². The van der Waals surface area contributed by atoms with Crippen LogP contribution >= 0.6 is 0 Å². The molecule has 1 unspecified atom stereocenters. The van der Waals surface area contributed by atoms with Crippen molar-refractivity contribution in [2.24, 2.45) is 0 Å². The number of aliphatic hydroxyl groups is 1. The largest absolute Gasteiger partial charge is 0.481 e. The van der Waals surface area contributed by atoms with Crippen LogP contribution in [0, 0.1) is 5.82 Å². The lowest BCUT2D eigenvalue weighted by Gasteiger charge is -2.46. The highest BCUT2D eigenvalue weighted by atomic mass is 19.1. The lowest BCUT2D eigenvalue weighted by Crippen LogP contribution is -2.64. The number of carbonyl (C=O) groups excluding carboxylic acids is 1. The Morgan fingerprint density at radius 3 is 2.84 bits per heavy atom. The van der Waals surface area contributed by atoms with Gasteiger partial charge in [-0.05, 0) is 25.5 Å². The number of benzene rings is 1. The molecule has 1 fully saturated rings. The highest BCUT2D eigenvalue weighted by Gasteiger charge is 2.43. The molecular weight excluding hydrogens is 249 g/mol. The first-order chi connectivity index (χ1) is 8.93. The Kier molecular flexibility index (Phi) is 3.75. The summed E-state index contributed by atoms with van der Waals surface area (Å²) in [5.41, 5.74) is -0.756. The Hall–Kier alpha value is -1.62. The van der Waals surface area contributed by atoms with E-state index in [2.05, 4.69) is 0 Å². The highest BCUT2D eigenvalue weighted by Crippen LogP contribution is 2.25. The third-order valence-corrected chi connectivity index (χ3v) is 3.40. The van der Waals surface area contributed by atoms with Crippen molar-refractivity contribution in [1.29, 1.82) is 0 Å². The van der Waals surface area contributed by atoms with Crippen LogP contribution in [0.4, 0.5) is 4.39 Å². The fourth-order valence-corrected chi connectivity index (χ4v) is 2.10. The van der Waals surface area contributed by atoms with E-state index in [1.165, 1.54) is 18.2 Å². The first-order valence-electron chi connectivity index (χ1n) is 6.37. The molecule has 1 N–H and O–H groups in total. The van der Waals surface area contributed by atoms with Crippen molar-refractivity contribution in [3.8, 4) is 5.75 Å². The number of hydrogen-bond donors (Lipinski definition) is 1. The molecule has 1 aromatic carbocycles. The molecule has 1 aliphatic rings. The second-order valence-electron chi connectivity index (χ2n) is 4.99. The molecule has 1 aliphatic heterocycles. The van der Waals surface area contributed by atoms with E-state index in [0.717, 1.165) is 0 Å². The summed E-state index contributed by atoms with van der Waals surface area (Å²) in [5, 5.41) is 9.86. The molecule has 1 amide bonds. The summed E-state index contributed by atoms with van der Waals surface area (Å²) >= 11 is 0. The van der Waals surface area contributed by atoms with Gasteiger partial charge in [0.1, 0.15) is 11.6 Å². The molecular formula is C14H18FNO3. The van der Waals surface area contributed by atoms with Gasteiger partial charge in [-0.25, -0.2) is 4.39 Å². The Morgan fingerprint density at radius 2 is 2.26 bits per heavy atom. The molecule has 0 aromatic heterocycles. The predicted octanol–water partition coefficient (Wildman–Crippen LogP) is 1.58. The molecule has 0 saturated carbocycles. The van der Waals surface area contributed by atoms with Crippen molar-refractivity contribution < 1.29 is 19.0 Å². The van der Waals surface area contributed by atoms with Crippen molar-refractivity contribution in [2.75, 3.05) is 13.1 Å². The standard InChI is InChI=1S/C14H18FNO3/c1-3-14(18)8-16(9-14)13(17)10(2)19-12-6-4-5-11(15)7-12/h4-7,10,18H,3,8-9H2,1-2H3. The quantitative estimate of drug-likeness (QED) is 0.901. The summed E-state index contributed by atoms with van der Waals surface area (Å²) in [5.74, 6) is -0.268. The van der Waals surface area contributed by atoms with Gasteiger partial charge in [0, 0.05) is 6.07 Å². The molecule has 19 heavy (non-hydrogen) atoms. The highest BCUT2D eigenvalue weighted by molar-refractivity contribution is 5.82. The summed E-state index contributed by atoms with van der Waals surface area (Å²) in [4.78, 5) is 13.6. The van der Waals surface area contributed by atoms with Crippen LogP contribution in [0.15, 0.2) is 24.3 Å². The van der Waals surface area contributed by atoms with Crippen LogP contribution in [0.5, 0.6) is 5.75 Å². The van der Waals surface area contributed by atoms with Crippen molar-refractivity contribution in [3.63, 3.8) is 0 Å². The fourth-order valence-electron chi connectivity index (χ4n) is 2.10. The van der Waals surface area contributed by atoms with Crippen molar-refractivity contribution in [3.05, 3.63) is 30.1 Å². The topological polar surface area (TPSA) is 49.8 Å². The van der Waals surface area contributed by atoms with E-state index < -0.39 is 17.5 Å². The number of halogens is 1. The second kappa shape index (κ2) is 5.17. The summed E-state index contributed by atoms with van der Waals surface area (Å²) in [6.45, 7) is 4.17. The van der Waals surface area contributed by atoms with Gasteiger partial charge in [-0.2, -0.15) is 0 Å². The zero-order chi connectivity index (χ0) is 14.0. The van der Waals surface area contributed by atoms with E-state index in [1.54, 1.807) is 17.9 Å². The molecule has 1 atom stereocenters. The van der Waals surface area contributed by atoms with E-state index >= 15 is 0 Å². The number of hydrogen-bond acceptors (Lipinski definition) is 3. The van der Waals surface area contributed by atoms with Gasteiger partial charge in [-0.1, -0.05) is 13.0 Å². The minimum atomic E-state index is -0.756. The number of likely N-dealkylation sites (tertiary alicyclic amines) is 1. The van der Waals surface area contributed by atoms with Gasteiger partial charge in [0.15, 0.2) is 6.10 Å². The Morgan fingerprint density at radius 1 is 1.58 bits per heavy atom. The monoisotopic (exact) mass is 267 g/mol. The SMILES string of the molecule is CCC1(O)CN(C(=O)C(C)Oc2cccc(F)c2)C1. The molecule has 0 radical (unpaired) electrons. The summed E-state index contributed by atoms with van der Waals surface area (Å²) < 4.78 is 18.4. The summed E-state index contributed by atoms with van der Waals surface area (Å²) in [6.07, 6.45) is -0.0705. The minimum absolute atomic E-state index is 0.192. The van der Waals surface area contributed by atoms with Crippen molar-refractivity contribution in [1.82, 2.24) is 4.90 Å². The molecule has 1 aromatic rings. The molecule has 0 aliphatic carbocycles. The van der Waals surface area contributed by atoms with Crippen LogP contribution < -0.4 is 4.74 Å². The average Bonchev–Trinajstić information content (AvgIpc) is 2.34. The first-order valence-corrected chi connectivity index (χ1v) is 6.37. The van der Waals surface area contributed by atoms with Crippen LogP contribution in [0.25, 0.3) is 0 Å². The van der Waals surface area contributed by atoms with Crippen molar-refractivity contribution in [2.45, 2.75) is 32.0 Å². The molecule has 104 valence electrons. The molecule has 1 heterocycles. The molecule has 0 spiro atoms. The van der Waals surface area contributed by atoms with Gasteiger partial charge < -0.3 is 14.7 Å². The Bertz CT molecular complexity index is 472. The maximum Gasteiger partial charge on any atom is 0.263 e. The van der Waals surface area contributed by atoms with Crippen LogP contribution in [0.2, 0.25) is 0 Å². The van der Waals surface area contributed by atoms with Crippen LogP contribution in [0.3, 0.4) is 0 Å². The fraction of sp³-hybridized carbons (Fsp3) is 0.500. The average molecular weight is 267 g/mol. The number of ether oxygens (including phenoxy) is 1. The van der Waals surface area contributed by atoms with Gasteiger partial charge in [-0.15, -0.1) is 0 Å². The third-order valence-electron chi connectivity index (χ3n) is 3.40. The third kappa shape index (κ3) is 3.04. The van der Waals surface area contributed by atoms with Crippen molar-refractivity contribution >= 4 is 5.91 Å². The second-order valence-corrected chi connectivity index (χ2v) is 4.99. The Balaban J connectivity index is 1.90. The number of rotatable bonds is 4. The summed E-state index contributed by atoms with van der Waals surface area (Å²) in [7, 11) is 0. The maximum absolute atomic E-state index is 13.0. The first kappa shape index (κ1) is 13.8. The van der Waals surface area contributed by atoms with Crippen LogP contribution in [0.1, 0.15) is 20.3 Å². The lowest BCUT2D eigenvalue weighted by molar-refractivity contribution is -0.162. The van der Waals surface area contributed by atoms with Gasteiger partial charge >= 0.3 is 0 Å². The maximum atomic E-state index is 13.0. The molecule has 0 bridgehead atoms. The van der Waals surface area contributed by atoms with Gasteiger partial charge in [0.05, 0.1) is 18.7 Å². The number of nitrogens with zero attached hydrogens (tertiary/aromatic N) is 1. The van der Waals surface area contributed by atoms with E-state index in [-0.39, 0.29) is 5.91 Å². The van der Waals surface area contributed by atoms with Crippen LogP contribution in [-0.4, -0.2) is 40.7 Å². The summed E-state index contributed by atoms with van der Waals surface area (Å²) in [6, 6.07) is 5.69. The molecule has 4 nitrogen and oxygen atoms in total. The molecule has 2 rings (SSSR count). The van der Waals surface area contributed by atoms with E-state index in [4.69, 9.17) is 4.74 Å². The predicted molar refractivity (Wildman–Crippen MR) is 68.3 cm³/mol. The van der Waals surface area contributed by atoms with Gasteiger partial charge in [-0.3, -0.25) is 4.79 Å². The van der Waals surface area contributed by atoms with E-state index in [1.807, 2.05) is 6.92 Å². The lowest BCUT2D eigenvalue weighted by atomic mass is 9.91. The number of β-amino-alcohol motifs (C(OH)–C–C–N with tert-alkyl or cyclic N) is 1. The van der Waals surface area contributed by atoms with E-state index in [0.29, 0.717) is 25.3 Å². The van der Waals surface area contributed by atoms with Gasteiger partial charge in [0.2, 0.25) is 0 Å². The Labute approximate surface area is 111 Å². The smallest absolute Gasteiger partial charge is 0.263 e.